The molecule has 1 saturated heterocycles. The number of imidazole rings is 1. The molecular formula is C14H20N4O2. The third-order valence-electron chi connectivity index (χ3n) is 5.16. The Bertz CT molecular complexity index is 529. The highest BCUT2D eigenvalue weighted by atomic mass is 16.3. The summed E-state index contributed by atoms with van der Waals surface area (Å²) < 4.78 is 0. The van der Waals surface area contributed by atoms with Crippen LogP contribution in [0.3, 0.4) is 0 Å². The van der Waals surface area contributed by atoms with Crippen molar-refractivity contribution in [2.75, 3.05) is 13.1 Å². The molecule has 3 aliphatic rings. The summed E-state index contributed by atoms with van der Waals surface area (Å²) in [5.41, 5.74) is 2.09. The highest BCUT2D eigenvalue weighted by Crippen LogP contribution is 2.38. The van der Waals surface area contributed by atoms with Crippen LogP contribution in [-0.4, -0.2) is 51.1 Å². The first kappa shape index (κ1) is 12.3. The average Bonchev–Trinajstić information content (AvgIpc) is 3.14. The summed E-state index contributed by atoms with van der Waals surface area (Å²) in [4.78, 5) is 21.9. The molecule has 1 aromatic rings. The largest absolute Gasteiger partial charge is 0.393 e. The predicted molar refractivity (Wildman–Crippen MR) is 71.7 cm³/mol. The summed E-state index contributed by atoms with van der Waals surface area (Å²) >= 11 is 0. The molecule has 1 amide bonds. The summed E-state index contributed by atoms with van der Waals surface area (Å²) in [7, 11) is 0. The Hall–Kier alpha value is -1.40. The SMILES string of the molecule is O=C(C1Cc2nc[nH]c2CN1)N1CC2CCC(O)C2C1. The van der Waals surface area contributed by atoms with Crippen LogP contribution in [0.2, 0.25) is 0 Å². The second-order valence-electron chi connectivity index (χ2n) is 6.28. The molecule has 2 fully saturated rings. The van der Waals surface area contributed by atoms with Gasteiger partial charge in [-0.25, -0.2) is 4.98 Å². The van der Waals surface area contributed by atoms with E-state index in [-0.39, 0.29) is 18.1 Å². The Kier molecular flexibility index (Phi) is 2.82. The van der Waals surface area contributed by atoms with Crippen LogP contribution in [-0.2, 0) is 17.8 Å². The fourth-order valence-electron chi connectivity index (χ4n) is 3.98. The Balaban J connectivity index is 1.44. The number of hydrogen-bond donors (Lipinski definition) is 3. The van der Waals surface area contributed by atoms with Gasteiger partial charge in [-0.15, -0.1) is 0 Å². The smallest absolute Gasteiger partial charge is 0.240 e. The lowest BCUT2D eigenvalue weighted by Gasteiger charge is -2.27. The van der Waals surface area contributed by atoms with Crippen LogP contribution in [0.15, 0.2) is 6.33 Å². The number of hydrogen-bond acceptors (Lipinski definition) is 4. The van der Waals surface area contributed by atoms with Crippen molar-refractivity contribution in [3.05, 3.63) is 17.7 Å². The minimum atomic E-state index is -0.213. The van der Waals surface area contributed by atoms with E-state index in [2.05, 4.69) is 15.3 Å². The molecule has 0 aromatic carbocycles. The second kappa shape index (κ2) is 4.56. The van der Waals surface area contributed by atoms with Crippen LogP contribution in [0, 0.1) is 11.8 Å². The van der Waals surface area contributed by atoms with Gasteiger partial charge in [0.2, 0.25) is 5.91 Å². The Morgan fingerprint density at radius 3 is 3.15 bits per heavy atom. The zero-order chi connectivity index (χ0) is 13.7. The first-order valence-corrected chi connectivity index (χ1v) is 7.43. The summed E-state index contributed by atoms with van der Waals surface area (Å²) in [6, 6.07) is -0.165. The Morgan fingerprint density at radius 2 is 2.30 bits per heavy atom. The lowest BCUT2D eigenvalue weighted by atomic mass is 10.00. The molecule has 1 saturated carbocycles. The number of rotatable bonds is 1. The molecule has 0 bridgehead atoms. The quantitative estimate of drug-likeness (QED) is 0.655. The summed E-state index contributed by atoms with van der Waals surface area (Å²) in [6.45, 7) is 2.21. The minimum absolute atomic E-state index is 0.165. The molecule has 3 heterocycles. The van der Waals surface area contributed by atoms with E-state index < -0.39 is 0 Å². The van der Waals surface area contributed by atoms with Crippen LogP contribution < -0.4 is 5.32 Å². The molecule has 2 aliphatic heterocycles. The van der Waals surface area contributed by atoms with Gasteiger partial charge in [-0.2, -0.15) is 0 Å². The van der Waals surface area contributed by atoms with Crippen molar-refractivity contribution in [1.82, 2.24) is 20.2 Å². The van der Waals surface area contributed by atoms with E-state index in [1.54, 1.807) is 6.33 Å². The molecule has 1 aliphatic carbocycles. The number of aliphatic hydroxyl groups is 1. The van der Waals surface area contributed by atoms with E-state index in [1.165, 1.54) is 0 Å². The van der Waals surface area contributed by atoms with Gasteiger partial charge in [0.15, 0.2) is 0 Å². The maximum atomic E-state index is 12.6. The van der Waals surface area contributed by atoms with Gasteiger partial charge in [-0.1, -0.05) is 0 Å². The number of fused-ring (bicyclic) bond motifs is 2. The predicted octanol–water partition coefficient (Wildman–Crippen LogP) is -0.347. The fourth-order valence-corrected chi connectivity index (χ4v) is 3.98. The monoisotopic (exact) mass is 276 g/mol. The van der Waals surface area contributed by atoms with Gasteiger partial charge >= 0.3 is 0 Å². The molecule has 1 aromatic heterocycles. The van der Waals surface area contributed by atoms with Gasteiger partial charge in [0.25, 0.3) is 0 Å². The second-order valence-corrected chi connectivity index (χ2v) is 6.28. The number of likely N-dealkylation sites (tertiary alicyclic amines) is 1. The van der Waals surface area contributed by atoms with Gasteiger partial charge < -0.3 is 15.0 Å². The van der Waals surface area contributed by atoms with E-state index in [0.717, 1.165) is 37.3 Å². The zero-order valence-electron chi connectivity index (χ0n) is 11.4. The summed E-state index contributed by atoms with van der Waals surface area (Å²) in [5, 5.41) is 13.2. The van der Waals surface area contributed by atoms with Crippen LogP contribution in [0.4, 0.5) is 0 Å². The lowest BCUT2D eigenvalue weighted by molar-refractivity contribution is -0.133. The number of aromatic amines is 1. The fraction of sp³-hybridized carbons (Fsp3) is 0.714. The van der Waals surface area contributed by atoms with Crippen LogP contribution in [0.1, 0.15) is 24.2 Å². The van der Waals surface area contributed by atoms with E-state index in [0.29, 0.717) is 24.8 Å². The lowest BCUT2D eigenvalue weighted by Crippen LogP contribution is -2.49. The molecule has 108 valence electrons. The molecule has 4 unspecified atom stereocenters. The minimum Gasteiger partial charge on any atom is -0.393 e. The van der Waals surface area contributed by atoms with Gasteiger partial charge in [0.1, 0.15) is 0 Å². The van der Waals surface area contributed by atoms with Gasteiger partial charge in [-0.3, -0.25) is 10.1 Å². The molecule has 4 rings (SSSR count). The van der Waals surface area contributed by atoms with E-state index in [9.17, 15) is 9.90 Å². The maximum absolute atomic E-state index is 12.6. The van der Waals surface area contributed by atoms with Crippen LogP contribution in [0.5, 0.6) is 0 Å². The van der Waals surface area contributed by atoms with E-state index >= 15 is 0 Å². The molecule has 6 nitrogen and oxygen atoms in total. The van der Waals surface area contributed by atoms with Crippen LogP contribution in [0.25, 0.3) is 0 Å². The Labute approximate surface area is 117 Å². The molecule has 20 heavy (non-hydrogen) atoms. The molecular weight excluding hydrogens is 256 g/mol. The first-order valence-electron chi connectivity index (χ1n) is 7.43. The van der Waals surface area contributed by atoms with Crippen LogP contribution >= 0.6 is 0 Å². The average molecular weight is 276 g/mol. The number of nitrogens with zero attached hydrogens (tertiary/aromatic N) is 2. The highest BCUT2D eigenvalue weighted by molar-refractivity contribution is 5.82. The van der Waals surface area contributed by atoms with Gasteiger partial charge in [-0.05, 0) is 18.8 Å². The highest BCUT2D eigenvalue weighted by Gasteiger charge is 2.44. The number of H-pyrrole nitrogens is 1. The Morgan fingerprint density at radius 1 is 1.40 bits per heavy atom. The van der Waals surface area contributed by atoms with Crippen molar-refractivity contribution in [3.63, 3.8) is 0 Å². The zero-order valence-corrected chi connectivity index (χ0v) is 11.4. The van der Waals surface area contributed by atoms with E-state index in [4.69, 9.17) is 0 Å². The van der Waals surface area contributed by atoms with Crippen molar-refractivity contribution in [2.45, 2.75) is 38.0 Å². The normalized spacial score (nSPS) is 36.0. The molecule has 0 spiro atoms. The van der Waals surface area contributed by atoms with Crippen molar-refractivity contribution in [2.24, 2.45) is 11.8 Å². The van der Waals surface area contributed by atoms with Crippen molar-refractivity contribution >= 4 is 5.91 Å². The third kappa shape index (κ3) is 1.86. The van der Waals surface area contributed by atoms with Crippen molar-refractivity contribution < 1.29 is 9.90 Å². The van der Waals surface area contributed by atoms with Crippen molar-refractivity contribution in [1.29, 1.82) is 0 Å². The maximum Gasteiger partial charge on any atom is 0.240 e. The number of amides is 1. The van der Waals surface area contributed by atoms with E-state index in [1.807, 2.05) is 4.90 Å². The van der Waals surface area contributed by atoms with Gasteiger partial charge in [0, 0.05) is 32.0 Å². The summed E-state index contributed by atoms with van der Waals surface area (Å²) in [5.74, 6) is 0.960. The third-order valence-corrected chi connectivity index (χ3v) is 5.16. The number of aromatic nitrogens is 2. The van der Waals surface area contributed by atoms with Crippen molar-refractivity contribution in [3.8, 4) is 0 Å². The molecule has 0 radical (unpaired) electrons. The number of nitrogens with one attached hydrogen (secondary N) is 2. The molecule has 4 atom stereocenters. The van der Waals surface area contributed by atoms with Gasteiger partial charge in [0.05, 0.1) is 29.9 Å². The number of aliphatic hydroxyl groups excluding tert-OH is 1. The number of carbonyl (C=O) groups excluding carboxylic acids is 1. The topological polar surface area (TPSA) is 81.2 Å². The standard InChI is InChI=1S/C14H20N4O2/c19-13-2-1-8-5-18(6-9(8)13)14(20)11-3-10-12(4-15-11)17-7-16-10/h7-9,11,13,15,19H,1-6H2,(H,16,17). The first-order chi connectivity index (χ1) is 9.72. The molecule has 6 heteroatoms. The molecule has 3 N–H and O–H groups in total. The summed E-state index contributed by atoms with van der Waals surface area (Å²) in [6.07, 6.45) is 4.09. The number of carbonyl (C=O) groups is 1.